The van der Waals surface area contributed by atoms with Gasteiger partial charge in [0.2, 0.25) is 5.91 Å². The van der Waals surface area contributed by atoms with Crippen LogP contribution in [0, 0.1) is 0 Å². The first kappa shape index (κ1) is 19.4. The minimum absolute atomic E-state index is 0.142. The van der Waals surface area contributed by atoms with Crippen molar-refractivity contribution in [1.29, 1.82) is 0 Å². The van der Waals surface area contributed by atoms with Crippen LogP contribution < -0.4 is 10.1 Å². The molecule has 2 aromatic rings. The Morgan fingerprint density at radius 3 is 2.44 bits per heavy atom. The number of amides is 1. The van der Waals surface area contributed by atoms with Crippen molar-refractivity contribution in [2.45, 2.75) is 19.0 Å². The summed E-state index contributed by atoms with van der Waals surface area (Å²) in [7, 11) is 1.49. The van der Waals surface area contributed by atoms with Crippen LogP contribution in [0.2, 0.25) is 10.0 Å². The molecule has 0 aliphatic rings. The lowest BCUT2D eigenvalue weighted by Gasteiger charge is -2.11. The Kier molecular flexibility index (Phi) is 6.19. The van der Waals surface area contributed by atoms with Gasteiger partial charge in [-0.15, -0.1) is 0 Å². The molecule has 0 saturated carbocycles. The lowest BCUT2D eigenvalue weighted by molar-refractivity contribution is -0.137. The van der Waals surface area contributed by atoms with Crippen molar-refractivity contribution in [3.05, 3.63) is 57.6 Å². The van der Waals surface area contributed by atoms with Crippen molar-refractivity contribution >= 4 is 34.8 Å². The Balaban J connectivity index is 1.98. The van der Waals surface area contributed by atoms with E-state index in [1.165, 1.54) is 7.11 Å². The lowest BCUT2D eigenvalue weighted by atomic mass is 10.1. The Bertz CT molecular complexity index is 779. The molecule has 0 heterocycles. The fourth-order valence-electron chi connectivity index (χ4n) is 2.16. The van der Waals surface area contributed by atoms with E-state index in [1.54, 1.807) is 18.2 Å². The first-order chi connectivity index (χ1) is 11.7. The van der Waals surface area contributed by atoms with Crippen LogP contribution in [-0.2, 0) is 17.4 Å². The molecule has 3 nitrogen and oxygen atoms in total. The summed E-state index contributed by atoms with van der Waals surface area (Å²) in [6, 6.07) is 8.24. The molecule has 0 atom stereocenters. The van der Waals surface area contributed by atoms with Crippen LogP contribution in [0.5, 0.6) is 5.75 Å². The monoisotopic (exact) mass is 391 g/mol. The minimum Gasteiger partial charge on any atom is -0.495 e. The third-order valence-electron chi connectivity index (χ3n) is 3.41. The van der Waals surface area contributed by atoms with Crippen molar-refractivity contribution < 1.29 is 22.7 Å². The zero-order valence-corrected chi connectivity index (χ0v) is 14.6. The van der Waals surface area contributed by atoms with Gasteiger partial charge in [0, 0.05) is 12.1 Å². The molecule has 0 aliphatic carbocycles. The summed E-state index contributed by atoms with van der Waals surface area (Å²) in [4.78, 5) is 12.0. The van der Waals surface area contributed by atoms with Gasteiger partial charge < -0.3 is 10.1 Å². The van der Waals surface area contributed by atoms with E-state index in [0.29, 0.717) is 17.2 Å². The van der Waals surface area contributed by atoms with Gasteiger partial charge in [-0.1, -0.05) is 29.3 Å². The van der Waals surface area contributed by atoms with E-state index in [2.05, 4.69) is 5.32 Å². The van der Waals surface area contributed by atoms with Gasteiger partial charge >= 0.3 is 6.18 Å². The number of hydrogen-bond acceptors (Lipinski definition) is 2. The molecule has 2 rings (SSSR count). The molecule has 1 N–H and O–H groups in total. The molecule has 0 unspecified atom stereocenters. The largest absolute Gasteiger partial charge is 0.495 e. The quantitative estimate of drug-likeness (QED) is 0.720. The number of hydrogen-bond donors (Lipinski definition) is 1. The lowest BCUT2D eigenvalue weighted by Crippen LogP contribution is -2.13. The van der Waals surface area contributed by atoms with Crippen LogP contribution in [0.25, 0.3) is 0 Å². The van der Waals surface area contributed by atoms with Gasteiger partial charge in [-0.2, -0.15) is 13.2 Å². The maximum absolute atomic E-state index is 12.7. The molecule has 2 aromatic carbocycles. The normalized spacial score (nSPS) is 11.3. The summed E-state index contributed by atoms with van der Waals surface area (Å²) in [6.45, 7) is 0. The van der Waals surface area contributed by atoms with Gasteiger partial charge in [0.25, 0.3) is 0 Å². The summed E-state index contributed by atoms with van der Waals surface area (Å²) >= 11 is 11.6. The minimum atomic E-state index is -4.53. The highest BCUT2D eigenvalue weighted by molar-refractivity contribution is 6.32. The molecule has 0 fully saturated rings. The van der Waals surface area contributed by atoms with Crippen LogP contribution in [0.1, 0.15) is 17.5 Å². The Labute approximate surface area is 152 Å². The highest BCUT2D eigenvalue weighted by Crippen LogP contribution is 2.35. The predicted octanol–water partition coefficient (Wildman–Crippen LogP) is 5.59. The van der Waals surface area contributed by atoms with E-state index < -0.39 is 16.8 Å². The Hall–Kier alpha value is -1.92. The standard InChI is InChI=1S/C17H14Cl2F3NO2/c1-25-15-8-10(2-6-13(15)18)3-7-16(24)23-11-4-5-12(14(19)9-11)17(20,21)22/h2,4-6,8-9H,3,7H2,1H3,(H,23,24). The Morgan fingerprint density at radius 1 is 1.12 bits per heavy atom. The van der Waals surface area contributed by atoms with Crippen LogP contribution >= 0.6 is 23.2 Å². The molecule has 0 aliphatic heterocycles. The number of rotatable bonds is 5. The summed E-state index contributed by atoms with van der Waals surface area (Å²) in [5.41, 5.74) is 0.110. The predicted molar refractivity (Wildman–Crippen MR) is 91.4 cm³/mol. The number of benzene rings is 2. The average molecular weight is 392 g/mol. The van der Waals surface area contributed by atoms with E-state index in [-0.39, 0.29) is 18.0 Å². The van der Waals surface area contributed by atoms with Crippen LogP contribution in [-0.4, -0.2) is 13.0 Å². The third-order valence-corrected chi connectivity index (χ3v) is 4.04. The summed E-state index contributed by atoms with van der Waals surface area (Å²) < 4.78 is 43.1. The average Bonchev–Trinajstić information content (AvgIpc) is 2.53. The number of halogens is 5. The molecule has 25 heavy (non-hydrogen) atoms. The first-order valence-corrected chi connectivity index (χ1v) is 7.95. The first-order valence-electron chi connectivity index (χ1n) is 7.19. The SMILES string of the molecule is COc1cc(CCC(=O)Nc2ccc(C(F)(F)F)c(Cl)c2)ccc1Cl. The van der Waals surface area contributed by atoms with Gasteiger partial charge in [-0.25, -0.2) is 0 Å². The Morgan fingerprint density at radius 2 is 1.84 bits per heavy atom. The van der Waals surface area contributed by atoms with E-state index in [9.17, 15) is 18.0 Å². The van der Waals surface area contributed by atoms with Crippen molar-refractivity contribution in [2.75, 3.05) is 12.4 Å². The second-order valence-corrected chi connectivity index (χ2v) is 6.02. The maximum atomic E-state index is 12.7. The molecular weight excluding hydrogens is 378 g/mol. The van der Waals surface area contributed by atoms with Crippen molar-refractivity contribution in [3.8, 4) is 5.75 Å². The number of aryl methyl sites for hydroxylation is 1. The summed E-state index contributed by atoms with van der Waals surface area (Å²) in [6.07, 6.45) is -3.97. The van der Waals surface area contributed by atoms with E-state index in [4.69, 9.17) is 27.9 Å². The van der Waals surface area contributed by atoms with E-state index in [1.807, 2.05) is 0 Å². The van der Waals surface area contributed by atoms with Gasteiger partial charge in [0.05, 0.1) is 22.7 Å². The highest BCUT2D eigenvalue weighted by Gasteiger charge is 2.33. The van der Waals surface area contributed by atoms with Crippen molar-refractivity contribution in [2.24, 2.45) is 0 Å². The summed E-state index contributed by atoms with van der Waals surface area (Å²) in [5, 5.41) is 2.53. The zero-order valence-electron chi connectivity index (χ0n) is 13.1. The topological polar surface area (TPSA) is 38.3 Å². The number of methoxy groups -OCH3 is 1. The molecule has 0 aromatic heterocycles. The van der Waals surface area contributed by atoms with Gasteiger partial charge in [-0.3, -0.25) is 4.79 Å². The molecule has 0 radical (unpaired) electrons. The number of carbonyl (C=O) groups excluding carboxylic acids is 1. The summed E-state index contributed by atoms with van der Waals surface area (Å²) in [5.74, 6) is 0.166. The number of nitrogens with one attached hydrogen (secondary N) is 1. The molecule has 134 valence electrons. The van der Waals surface area contributed by atoms with Crippen LogP contribution in [0.4, 0.5) is 18.9 Å². The second kappa shape index (κ2) is 7.97. The molecule has 1 amide bonds. The van der Waals surface area contributed by atoms with Crippen LogP contribution in [0.3, 0.4) is 0 Å². The molecule has 0 saturated heterocycles. The highest BCUT2D eigenvalue weighted by atomic mass is 35.5. The fraction of sp³-hybridized carbons (Fsp3) is 0.235. The molecule has 8 heteroatoms. The number of carbonyl (C=O) groups is 1. The molecule has 0 bridgehead atoms. The van der Waals surface area contributed by atoms with Crippen molar-refractivity contribution in [1.82, 2.24) is 0 Å². The zero-order chi connectivity index (χ0) is 18.6. The van der Waals surface area contributed by atoms with Gasteiger partial charge in [0.15, 0.2) is 0 Å². The maximum Gasteiger partial charge on any atom is 0.417 e. The van der Waals surface area contributed by atoms with Gasteiger partial charge in [-0.05, 0) is 42.3 Å². The van der Waals surface area contributed by atoms with E-state index in [0.717, 1.165) is 23.8 Å². The number of ether oxygens (including phenoxy) is 1. The smallest absolute Gasteiger partial charge is 0.417 e. The molecular formula is C17H14Cl2F3NO2. The van der Waals surface area contributed by atoms with Crippen LogP contribution in [0.15, 0.2) is 36.4 Å². The van der Waals surface area contributed by atoms with Gasteiger partial charge in [0.1, 0.15) is 5.75 Å². The third kappa shape index (κ3) is 5.28. The number of alkyl halides is 3. The van der Waals surface area contributed by atoms with Crippen molar-refractivity contribution in [3.63, 3.8) is 0 Å². The van der Waals surface area contributed by atoms with E-state index >= 15 is 0 Å². The number of anilines is 1. The molecule has 0 spiro atoms. The second-order valence-electron chi connectivity index (χ2n) is 5.21. The fourth-order valence-corrected chi connectivity index (χ4v) is 2.65.